The molecule has 0 amide bonds. The molecule has 0 aliphatic carbocycles. The molecule has 20 nitrogen and oxygen atoms in total. The van der Waals surface area contributed by atoms with Crippen LogP contribution in [-0.2, 0) is 63.2 Å². The Morgan fingerprint density at radius 2 is 1.50 bits per heavy atom. The molecule has 0 aromatic carbocycles. The first kappa shape index (κ1) is 33.0. The summed E-state index contributed by atoms with van der Waals surface area (Å²) in [5.41, 5.74) is 0. The van der Waals surface area contributed by atoms with Gasteiger partial charge in [0.1, 0.15) is 42.7 Å². The number of aliphatic carboxylic acids is 1. The molecule has 2 saturated heterocycles. The second kappa shape index (κ2) is 12.6. The average Bonchev–Trinajstić information content (AvgIpc) is 2.75. The molecule has 38 heavy (non-hydrogen) atoms. The van der Waals surface area contributed by atoms with Gasteiger partial charge in [0.15, 0.2) is 12.4 Å². The summed E-state index contributed by atoms with van der Waals surface area (Å²) in [5, 5.41) is 31.0. The molecule has 0 aromatic heterocycles. The minimum atomic E-state index is -5.23. The Kier molecular flexibility index (Phi) is 10.9. The molecule has 2 rings (SSSR count). The predicted molar refractivity (Wildman–Crippen MR) is 115 cm³/mol. The lowest BCUT2D eigenvalue weighted by molar-refractivity contribution is -0.317. The number of nitrogens with one attached hydrogen (secondary N) is 1. The van der Waals surface area contributed by atoms with E-state index in [1.54, 1.807) is 0 Å². The molecule has 4 unspecified atom stereocenters. The third kappa shape index (κ3) is 8.93. The number of carboxylic acid groups (broad SMARTS) is 1. The highest BCUT2D eigenvalue weighted by molar-refractivity contribution is 7.83. The average molecular weight is 622 g/mol. The van der Waals surface area contributed by atoms with E-state index in [1.165, 1.54) is 11.6 Å². The SMILES string of the molecule is CC[C@@H]1OC(C(=O)O)[C@@H](O[C@H]2OC(COS(=O)(=O)O)[C@@H](OC)[C@@H](O)C2NS(=O)(=O)O)[C@@H](O)C1OS(=O)(=O)O. The summed E-state index contributed by atoms with van der Waals surface area (Å²) in [4.78, 5) is 11.9. The van der Waals surface area contributed by atoms with Gasteiger partial charge in [0.05, 0.1) is 12.7 Å². The fourth-order valence-electron chi connectivity index (χ4n) is 3.93. The fraction of sp³-hybridized carbons (Fsp3) is 0.933. The number of hydrogen-bond donors (Lipinski definition) is 7. The highest BCUT2D eigenvalue weighted by Gasteiger charge is 2.55. The van der Waals surface area contributed by atoms with Crippen LogP contribution in [-0.4, -0.2) is 135 Å². The van der Waals surface area contributed by atoms with Crippen LogP contribution in [0.25, 0.3) is 0 Å². The Morgan fingerprint density at radius 3 is 1.95 bits per heavy atom. The zero-order valence-corrected chi connectivity index (χ0v) is 21.9. The maximum absolute atomic E-state index is 11.9. The van der Waals surface area contributed by atoms with Crippen LogP contribution in [0.15, 0.2) is 0 Å². The van der Waals surface area contributed by atoms with Crippen molar-refractivity contribution in [3.05, 3.63) is 0 Å². The van der Waals surface area contributed by atoms with Crippen LogP contribution in [0.1, 0.15) is 13.3 Å². The molecule has 0 aromatic rings. The lowest BCUT2D eigenvalue weighted by Gasteiger charge is -2.47. The van der Waals surface area contributed by atoms with Crippen LogP contribution in [0.3, 0.4) is 0 Å². The highest BCUT2D eigenvalue weighted by atomic mass is 32.3. The van der Waals surface area contributed by atoms with E-state index < -0.39 is 105 Å². The van der Waals surface area contributed by atoms with E-state index in [1.807, 2.05) is 0 Å². The van der Waals surface area contributed by atoms with E-state index in [-0.39, 0.29) is 6.42 Å². The van der Waals surface area contributed by atoms with Crippen LogP contribution >= 0.6 is 0 Å². The molecule has 0 spiro atoms. The van der Waals surface area contributed by atoms with E-state index in [4.69, 9.17) is 28.1 Å². The predicted octanol–water partition coefficient (Wildman–Crippen LogP) is -4.14. The second-order valence-electron chi connectivity index (χ2n) is 7.99. The van der Waals surface area contributed by atoms with Gasteiger partial charge < -0.3 is 34.3 Å². The van der Waals surface area contributed by atoms with Crippen molar-refractivity contribution in [2.24, 2.45) is 0 Å². The molecular weight excluding hydrogens is 594 g/mol. The smallest absolute Gasteiger partial charge is 0.397 e. The van der Waals surface area contributed by atoms with Crippen molar-refractivity contribution < 1.29 is 86.3 Å². The Balaban J connectivity index is 2.49. The van der Waals surface area contributed by atoms with Crippen molar-refractivity contribution >= 4 is 37.1 Å². The summed E-state index contributed by atoms with van der Waals surface area (Å²) >= 11 is 0. The standard InChI is InChI=1S/C15H27NO19S3/c1-3-5-11(35-38(27,28)29)9(18)12(13(32-5)14(19)20)34-15-7(16-36(21,22)23)8(17)10(30-2)6(33-15)4-31-37(24,25)26/h5-13,15-18H,3-4H2,1-2H3,(H,19,20)(H,21,22,23)(H,24,25,26)(H,27,28,29)/t5-,6?,7?,8-,9-,10+,11?,12-,13?,15+/m0/s1. The first-order valence-corrected chi connectivity index (χ1v) is 14.5. The Labute approximate surface area is 216 Å². The van der Waals surface area contributed by atoms with Crippen molar-refractivity contribution in [1.82, 2.24) is 4.72 Å². The third-order valence-electron chi connectivity index (χ3n) is 5.44. The van der Waals surface area contributed by atoms with E-state index in [0.717, 1.165) is 7.11 Å². The minimum absolute atomic E-state index is 0.135. The van der Waals surface area contributed by atoms with Gasteiger partial charge in [0.2, 0.25) is 0 Å². The topological polar surface area (TPSA) is 308 Å². The van der Waals surface area contributed by atoms with E-state index >= 15 is 0 Å². The summed E-state index contributed by atoms with van der Waals surface area (Å²) in [5.74, 6) is -1.77. The van der Waals surface area contributed by atoms with Crippen LogP contribution in [0.2, 0.25) is 0 Å². The molecule has 2 aliphatic rings. The number of hydrogen-bond acceptors (Lipinski definition) is 15. The van der Waals surface area contributed by atoms with Gasteiger partial charge in [-0.25, -0.2) is 13.2 Å². The van der Waals surface area contributed by atoms with E-state index in [9.17, 15) is 49.9 Å². The highest BCUT2D eigenvalue weighted by Crippen LogP contribution is 2.33. The first-order valence-electron chi connectivity index (χ1n) is 10.4. The number of methoxy groups -OCH3 is 1. The molecule has 10 atom stereocenters. The number of aliphatic hydroxyl groups excluding tert-OH is 2. The minimum Gasteiger partial charge on any atom is -0.479 e. The maximum atomic E-state index is 11.9. The maximum Gasteiger partial charge on any atom is 0.397 e. The zero-order chi connectivity index (χ0) is 29.2. The lowest BCUT2D eigenvalue weighted by Crippen LogP contribution is -2.68. The van der Waals surface area contributed by atoms with Gasteiger partial charge in [-0.3, -0.25) is 13.7 Å². The fourth-order valence-corrected chi connectivity index (χ4v) is 5.35. The third-order valence-corrected chi connectivity index (χ3v) is 6.91. The van der Waals surface area contributed by atoms with Crippen LogP contribution in [0.5, 0.6) is 0 Å². The van der Waals surface area contributed by atoms with Crippen LogP contribution in [0.4, 0.5) is 0 Å². The van der Waals surface area contributed by atoms with Crippen molar-refractivity contribution in [3.8, 4) is 0 Å². The largest absolute Gasteiger partial charge is 0.479 e. The number of rotatable bonds is 12. The normalized spacial score (nSPS) is 37.1. The molecule has 2 heterocycles. The van der Waals surface area contributed by atoms with Gasteiger partial charge in [0.25, 0.3) is 0 Å². The van der Waals surface area contributed by atoms with Gasteiger partial charge in [-0.2, -0.15) is 30.0 Å². The summed E-state index contributed by atoms with van der Waals surface area (Å²) in [6.07, 6.45) is -17.5. The summed E-state index contributed by atoms with van der Waals surface area (Å²) < 4.78 is 126. The molecular formula is C15H27NO19S3. The second-order valence-corrected chi connectivity index (χ2v) is 11.3. The molecule has 7 N–H and O–H groups in total. The van der Waals surface area contributed by atoms with E-state index in [2.05, 4.69) is 8.37 Å². The summed E-state index contributed by atoms with van der Waals surface area (Å²) in [6, 6.07) is -2.04. The molecule has 23 heteroatoms. The Hall–Kier alpha value is -1.16. The van der Waals surface area contributed by atoms with Crippen molar-refractivity contribution in [1.29, 1.82) is 0 Å². The van der Waals surface area contributed by atoms with Gasteiger partial charge in [-0.05, 0) is 6.42 Å². The molecule has 224 valence electrons. The van der Waals surface area contributed by atoms with Crippen molar-refractivity contribution in [2.75, 3.05) is 13.7 Å². The monoisotopic (exact) mass is 621 g/mol. The van der Waals surface area contributed by atoms with Crippen LogP contribution in [0, 0.1) is 0 Å². The Morgan fingerprint density at radius 1 is 0.895 bits per heavy atom. The van der Waals surface area contributed by atoms with Crippen molar-refractivity contribution in [2.45, 2.75) is 74.5 Å². The summed E-state index contributed by atoms with van der Waals surface area (Å²) in [6.45, 7) is 0.334. The molecule has 0 saturated carbocycles. The van der Waals surface area contributed by atoms with Gasteiger partial charge >= 0.3 is 37.1 Å². The van der Waals surface area contributed by atoms with Gasteiger partial charge in [0, 0.05) is 7.11 Å². The number of aliphatic hydroxyl groups is 2. The van der Waals surface area contributed by atoms with Gasteiger partial charge in [-0.15, -0.1) is 0 Å². The molecule has 0 radical (unpaired) electrons. The molecule has 0 bridgehead atoms. The van der Waals surface area contributed by atoms with E-state index in [0.29, 0.717) is 0 Å². The quantitative estimate of drug-likeness (QED) is 0.102. The number of carbonyl (C=O) groups is 1. The number of ether oxygens (including phenoxy) is 4. The van der Waals surface area contributed by atoms with Crippen molar-refractivity contribution in [3.63, 3.8) is 0 Å². The molecule has 2 aliphatic heterocycles. The zero-order valence-electron chi connectivity index (χ0n) is 19.4. The molecule has 2 fully saturated rings. The van der Waals surface area contributed by atoms with Gasteiger partial charge in [-0.1, -0.05) is 6.92 Å². The first-order chi connectivity index (χ1) is 17.3. The van der Waals surface area contributed by atoms with Crippen LogP contribution < -0.4 is 4.72 Å². The summed E-state index contributed by atoms with van der Waals surface area (Å²) in [7, 11) is -14.5. The Bertz CT molecular complexity index is 1140. The lowest BCUT2D eigenvalue weighted by atomic mass is 9.92. The number of carboxylic acids is 1.